The van der Waals surface area contributed by atoms with Gasteiger partial charge < -0.3 is 10.3 Å². The van der Waals surface area contributed by atoms with Gasteiger partial charge in [-0.2, -0.15) is 4.98 Å². The molecule has 0 aliphatic carbocycles. The van der Waals surface area contributed by atoms with E-state index in [2.05, 4.69) is 15.1 Å². The van der Waals surface area contributed by atoms with Gasteiger partial charge >= 0.3 is 0 Å². The standard InChI is InChI=1S/C15H14N4O.2ClH/c16-13(10-11-4-2-1-3-5-11)15-18-14(19-20-15)12-6-8-17-9-7-12;;/h1-9,13H,10,16H2;2*1H/t13-;;/m0../s1. The number of pyridine rings is 1. The summed E-state index contributed by atoms with van der Waals surface area (Å²) in [5, 5.41) is 3.96. The van der Waals surface area contributed by atoms with Gasteiger partial charge in [0.25, 0.3) is 0 Å². The fourth-order valence-electron chi connectivity index (χ4n) is 1.96. The first-order valence-corrected chi connectivity index (χ1v) is 6.36. The van der Waals surface area contributed by atoms with Crippen molar-refractivity contribution in [3.05, 3.63) is 66.3 Å². The summed E-state index contributed by atoms with van der Waals surface area (Å²) in [6.45, 7) is 0. The zero-order valence-electron chi connectivity index (χ0n) is 11.6. The molecular weight excluding hydrogens is 323 g/mol. The lowest BCUT2D eigenvalue weighted by Gasteiger charge is -2.05. The van der Waals surface area contributed by atoms with Crippen molar-refractivity contribution >= 4 is 24.8 Å². The first-order chi connectivity index (χ1) is 9.83. The van der Waals surface area contributed by atoms with E-state index in [1.165, 1.54) is 0 Å². The fourth-order valence-corrected chi connectivity index (χ4v) is 1.96. The molecule has 2 aromatic heterocycles. The van der Waals surface area contributed by atoms with Gasteiger partial charge in [-0.25, -0.2) is 0 Å². The monoisotopic (exact) mass is 338 g/mol. The van der Waals surface area contributed by atoms with Crippen LogP contribution in [0.2, 0.25) is 0 Å². The van der Waals surface area contributed by atoms with E-state index in [1.807, 2.05) is 42.5 Å². The number of hydrogen-bond acceptors (Lipinski definition) is 5. The van der Waals surface area contributed by atoms with Crippen molar-refractivity contribution < 1.29 is 4.52 Å². The van der Waals surface area contributed by atoms with E-state index in [-0.39, 0.29) is 30.9 Å². The van der Waals surface area contributed by atoms with Crippen LogP contribution in [0.1, 0.15) is 17.5 Å². The lowest BCUT2D eigenvalue weighted by atomic mass is 10.1. The van der Waals surface area contributed by atoms with E-state index >= 15 is 0 Å². The minimum absolute atomic E-state index is 0. The zero-order chi connectivity index (χ0) is 13.8. The van der Waals surface area contributed by atoms with Crippen LogP contribution in [0, 0.1) is 0 Å². The second-order valence-electron chi connectivity index (χ2n) is 4.49. The van der Waals surface area contributed by atoms with Gasteiger partial charge in [0.1, 0.15) is 0 Å². The summed E-state index contributed by atoms with van der Waals surface area (Å²) >= 11 is 0. The Balaban J connectivity index is 0.00000121. The quantitative estimate of drug-likeness (QED) is 0.790. The zero-order valence-corrected chi connectivity index (χ0v) is 13.3. The van der Waals surface area contributed by atoms with E-state index in [0.29, 0.717) is 18.1 Å². The molecule has 0 saturated heterocycles. The highest BCUT2D eigenvalue weighted by atomic mass is 35.5. The van der Waals surface area contributed by atoms with E-state index in [4.69, 9.17) is 10.3 Å². The normalized spacial score (nSPS) is 11.1. The van der Waals surface area contributed by atoms with Crippen molar-refractivity contribution in [3.63, 3.8) is 0 Å². The van der Waals surface area contributed by atoms with E-state index in [0.717, 1.165) is 11.1 Å². The summed E-state index contributed by atoms with van der Waals surface area (Å²) in [6.07, 6.45) is 4.04. The van der Waals surface area contributed by atoms with Crippen molar-refractivity contribution in [2.24, 2.45) is 5.73 Å². The van der Waals surface area contributed by atoms with Gasteiger partial charge in [0, 0.05) is 18.0 Å². The van der Waals surface area contributed by atoms with Gasteiger partial charge in [0.2, 0.25) is 11.7 Å². The second-order valence-corrected chi connectivity index (χ2v) is 4.49. The topological polar surface area (TPSA) is 77.8 Å². The average molecular weight is 339 g/mol. The average Bonchev–Trinajstić information content (AvgIpc) is 2.99. The molecule has 0 radical (unpaired) electrons. The van der Waals surface area contributed by atoms with Gasteiger partial charge in [-0.05, 0) is 24.1 Å². The number of benzene rings is 1. The van der Waals surface area contributed by atoms with Crippen LogP contribution in [-0.4, -0.2) is 15.1 Å². The molecule has 0 aliphatic rings. The number of nitrogens with zero attached hydrogens (tertiary/aromatic N) is 3. The fraction of sp³-hybridized carbons (Fsp3) is 0.133. The van der Waals surface area contributed by atoms with Crippen LogP contribution in [0.3, 0.4) is 0 Å². The molecule has 2 heterocycles. The van der Waals surface area contributed by atoms with Gasteiger partial charge in [-0.1, -0.05) is 35.5 Å². The molecular formula is C15H16Cl2N4O. The molecule has 0 aliphatic heterocycles. The van der Waals surface area contributed by atoms with Gasteiger partial charge in [-0.3, -0.25) is 4.98 Å². The van der Waals surface area contributed by atoms with Crippen LogP contribution in [0.5, 0.6) is 0 Å². The summed E-state index contributed by atoms with van der Waals surface area (Å²) in [4.78, 5) is 8.30. The molecule has 116 valence electrons. The Labute approximate surface area is 140 Å². The van der Waals surface area contributed by atoms with Crippen molar-refractivity contribution in [2.75, 3.05) is 0 Å². The first-order valence-electron chi connectivity index (χ1n) is 6.36. The van der Waals surface area contributed by atoms with Crippen molar-refractivity contribution in [1.29, 1.82) is 0 Å². The third-order valence-corrected chi connectivity index (χ3v) is 3.00. The minimum Gasteiger partial charge on any atom is -0.337 e. The molecule has 2 N–H and O–H groups in total. The molecule has 5 nitrogen and oxygen atoms in total. The highest BCUT2D eigenvalue weighted by Gasteiger charge is 2.16. The molecule has 0 bridgehead atoms. The van der Waals surface area contributed by atoms with Crippen LogP contribution in [-0.2, 0) is 6.42 Å². The van der Waals surface area contributed by atoms with Crippen molar-refractivity contribution in [3.8, 4) is 11.4 Å². The Morgan fingerprint density at radius 3 is 2.36 bits per heavy atom. The van der Waals surface area contributed by atoms with Gasteiger partial charge in [0.05, 0.1) is 6.04 Å². The third-order valence-electron chi connectivity index (χ3n) is 3.00. The van der Waals surface area contributed by atoms with Crippen LogP contribution in [0.15, 0.2) is 59.4 Å². The second kappa shape index (κ2) is 8.48. The smallest absolute Gasteiger partial charge is 0.244 e. The Bertz CT molecular complexity index is 676. The lowest BCUT2D eigenvalue weighted by Crippen LogP contribution is -2.13. The molecule has 1 atom stereocenters. The number of hydrogen-bond donors (Lipinski definition) is 1. The Morgan fingerprint density at radius 2 is 1.68 bits per heavy atom. The van der Waals surface area contributed by atoms with Gasteiger partial charge in [0.15, 0.2) is 0 Å². The maximum absolute atomic E-state index is 6.11. The molecule has 0 amide bonds. The van der Waals surface area contributed by atoms with Crippen LogP contribution >= 0.6 is 24.8 Å². The maximum Gasteiger partial charge on any atom is 0.244 e. The molecule has 0 fully saturated rings. The molecule has 7 heteroatoms. The Hall–Kier alpha value is -1.95. The summed E-state index contributed by atoms with van der Waals surface area (Å²) in [7, 11) is 0. The molecule has 3 rings (SSSR count). The third kappa shape index (κ3) is 4.27. The van der Waals surface area contributed by atoms with Crippen LogP contribution in [0.25, 0.3) is 11.4 Å². The Morgan fingerprint density at radius 1 is 1.00 bits per heavy atom. The van der Waals surface area contributed by atoms with Crippen molar-refractivity contribution in [2.45, 2.75) is 12.5 Å². The van der Waals surface area contributed by atoms with Crippen LogP contribution < -0.4 is 5.73 Å². The summed E-state index contributed by atoms with van der Waals surface area (Å²) < 4.78 is 5.25. The first kappa shape index (κ1) is 18.1. The maximum atomic E-state index is 6.11. The SMILES string of the molecule is Cl.Cl.N[C@@H](Cc1ccccc1)c1nc(-c2ccncc2)no1. The molecule has 0 unspecified atom stereocenters. The molecule has 22 heavy (non-hydrogen) atoms. The predicted molar refractivity (Wildman–Crippen MR) is 89.1 cm³/mol. The van der Waals surface area contributed by atoms with E-state index in [9.17, 15) is 0 Å². The Kier molecular flexibility index (Phi) is 6.98. The summed E-state index contributed by atoms with van der Waals surface area (Å²) in [6, 6.07) is 13.4. The highest BCUT2D eigenvalue weighted by molar-refractivity contribution is 5.85. The minimum atomic E-state index is -0.305. The molecule has 0 saturated carbocycles. The van der Waals surface area contributed by atoms with Crippen molar-refractivity contribution in [1.82, 2.24) is 15.1 Å². The summed E-state index contributed by atoms with van der Waals surface area (Å²) in [5.74, 6) is 0.978. The largest absolute Gasteiger partial charge is 0.337 e. The number of aromatic nitrogens is 3. The lowest BCUT2D eigenvalue weighted by molar-refractivity contribution is 0.354. The number of halogens is 2. The highest BCUT2D eigenvalue weighted by Crippen LogP contribution is 2.19. The molecule has 3 aromatic rings. The number of rotatable bonds is 4. The summed E-state index contributed by atoms with van der Waals surface area (Å²) in [5.41, 5.74) is 8.12. The van der Waals surface area contributed by atoms with E-state index < -0.39 is 0 Å². The molecule has 0 spiro atoms. The number of nitrogens with two attached hydrogens (primary N) is 1. The van der Waals surface area contributed by atoms with E-state index in [1.54, 1.807) is 12.4 Å². The molecule has 1 aromatic carbocycles. The van der Waals surface area contributed by atoms with Gasteiger partial charge in [-0.15, -0.1) is 24.8 Å². The predicted octanol–water partition coefficient (Wildman–Crippen LogP) is 3.22. The van der Waals surface area contributed by atoms with Crippen LogP contribution in [0.4, 0.5) is 0 Å².